The van der Waals surface area contributed by atoms with E-state index in [0.717, 1.165) is 5.56 Å². The lowest BCUT2D eigenvalue weighted by Gasteiger charge is -2.07. The van der Waals surface area contributed by atoms with Gasteiger partial charge in [-0.05, 0) is 21.0 Å². The van der Waals surface area contributed by atoms with E-state index in [2.05, 4.69) is 9.96 Å². The number of aromatic nitrogens is 1. The third kappa shape index (κ3) is 2.95. The van der Waals surface area contributed by atoms with Crippen LogP contribution in [0.15, 0.2) is 60.7 Å². The van der Waals surface area contributed by atoms with Crippen molar-refractivity contribution in [3.63, 3.8) is 0 Å². The fourth-order valence-electron chi connectivity index (χ4n) is 2.87. The molecular formula is C19H15N4O2+. The predicted molar refractivity (Wildman–Crippen MR) is 95.9 cm³/mol. The number of pyridine rings is 1. The maximum atomic E-state index is 11.6. The molecule has 2 aromatic carbocycles. The smallest absolute Gasteiger partial charge is 0.358 e. The van der Waals surface area contributed by atoms with Crippen molar-refractivity contribution in [2.24, 2.45) is 0 Å². The number of hydrogen-bond donors (Lipinski definition) is 0. The topological polar surface area (TPSA) is 84.2 Å². The van der Waals surface area contributed by atoms with E-state index >= 15 is 0 Å². The highest BCUT2D eigenvalue weighted by atomic mass is 16.6. The summed E-state index contributed by atoms with van der Waals surface area (Å²) in [6.07, 6.45) is 0.475. The molecule has 0 aliphatic rings. The molecule has 122 valence electrons. The van der Waals surface area contributed by atoms with Crippen LogP contribution in [0.1, 0.15) is 12.6 Å². The first kappa shape index (κ1) is 16.3. The molecule has 1 heterocycles. The summed E-state index contributed by atoms with van der Waals surface area (Å²) >= 11 is 0. The van der Waals surface area contributed by atoms with Crippen LogP contribution in [0.25, 0.3) is 27.2 Å². The van der Waals surface area contributed by atoms with Crippen LogP contribution in [-0.2, 0) is 6.42 Å². The largest absolute Gasteiger partial charge is 0.413 e. The average molecular weight is 331 g/mol. The van der Waals surface area contributed by atoms with E-state index < -0.39 is 4.92 Å². The molecule has 0 fully saturated rings. The summed E-state index contributed by atoms with van der Waals surface area (Å²) in [4.78, 5) is 18.8. The molecule has 0 amide bonds. The molecule has 0 atom stereocenters. The van der Waals surface area contributed by atoms with Gasteiger partial charge in [-0.2, -0.15) is 0 Å². The molecule has 25 heavy (non-hydrogen) atoms. The second-order valence-corrected chi connectivity index (χ2v) is 5.42. The lowest BCUT2D eigenvalue weighted by molar-refractivity contribution is -0.388. The van der Waals surface area contributed by atoms with Crippen molar-refractivity contribution in [3.05, 3.63) is 81.4 Å². The van der Waals surface area contributed by atoms with Crippen LogP contribution >= 0.6 is 0 Å². The Morgan fingerprint density at radius 1 is 1.00 bits per heavy atom. The summed E-state index contributed by atoms with van der Waals surface area (Å²) in [5, 5.41) is 21.3. The van der Waals surface area contributed by atoms with Gasteiger partial charge >= 0.3 is 11.5 Å². The van der Waals surface area contributed by atoms with Crippen LogP contribution in [0.3, 0.4) is 0 Å². The van der Waals surface area contributed by atoms with Crippen LogP contribution in [0.5, 0.6) is 0 Å². The van der Waals surface area contributed by atoms with Gasteiger partial charge in [0.1, 0.15) is 5.56 Å². The van der Waals surface area contributed by atoms with Crippen LogP contribution < -0.4 is 0 Å². The van der Waals surface area contributed by atoms with E-state index in [0.29, 0.717) is 23.2 Å². The Morgan fingerprint density at radius 3 is 1.96 bits per heavy atom. The molecule has 3 aromatic rings. The molecule has 3 rings (SSSR count). The van der Waals surface area contributed by atoms with Gasteiger partial charge in [0, 0.05) is 6.42 Å². The van der Waals surface area contributed by atoms with Crippen molar-refractivity contribution >= 4 is 11.5 Å². The highest BCUT2D eigenvalue weighted by molar-refractivity contribution is 5.95. The second-order valence-electron chi connectivity index (χ2n) is 5.42. The van der Waals surface area contributed by atoms with Gasteiger partial charge in [0.05, 0.1) is 0 Å². The summed E-state index contributed by atoms with van der Waals surface area (Å²) < 4.78 is 0. The van der Waals surface area contributed by atoms with Gasteiger partial charge in [-0.1, -0.05) is 67.6 Å². The van der Waals surface area contributed by atoms with Crippen molar-refractivity contribution in [3.8, 4) is 22.3 Å². The van der Waals surface area contributed by atoms with Crippen molar-refractivity contribution in [1.29, 1.82) is 5.39 Å². The summed E-state index contributed by atoms with van der Waals surface area (Å²) in [5.41, 5.74) is 2.88. The Hall–Kier alpha value is -3.59. The van der Waals surface area contributed by atoms with Gasteiger partial charge in [0.2, 0.25) is 5.39 Å². The molecule has 0 unspecified atom stereocenters. The second kappa shape index (κ2) is 6.89. The molecule has 6 nitrogen and oxygen atoms in total. The summed E-state index contributed by atoms with van der Waals surface area (Å²) in [6.45, 7) is 1.86. The van der Waals surface area contributed by atoms with Gasteiger partial charge < -0.3 is 10.1 Å². The zero-order valence-corrected chi connectivity index (χ0v) is 13.6. The number of benzene rings is 2. The first-order valence-electron chi connectivity index (χ1n) is 7.84. The molecule has 0 N–H and O–H groups in total. The highest BCUT2D eigenvalue weighted by Crippen LogP contribution is 2.45. The predicted octanol–water partition coefficient (Wildman–Crippen LogP) is 5.37. The molecule has 0 radical (unpaired) electrons. The van der Waals surface area contributed by atoms with E-state index in [1.807, 2.05) is 43.3 Å². The normalized spacial score (nSPS) is 10.2. The van der Waals surface area contributed by atoms with Gasteiger partial charge in [-0.15, -0.1) is 0 Å². The molecular weight excluding hydrogens is 316 g/mol. The van der Waals surface area contributed by atoms with Crippen LogP contribution in [0, 0.1) is 15.5 Å². The zero-order valence-electron chi connectivity index (χ0n) is 13.6. The molecule has 0 aliphatic carbocycles. The lowest BCUT2D eigenvalue weighted by Crippen LogP contribution is -2.02. The van der Waals surface area contributed by atoms with E-state index in [9.17, 15) is 15.5 Å². The van der Waals surface area contributed by atoms with Crippen LogP contribution in [0.2, 0.25) is 0 Å². The van der Waals surface area contributed by atoms with Gasteiger partial charge in [-0.3, -0.25) is 0 Å². The van der Waals surface area contributed by atoms with E-state index in [4.69, 9.17) is 0 Å². The van der Waals surface area contributed by atoms with E-state index in [1.165, 1.54) is 0 Å². The Balaban J connectivity index is 2.45. The molecule has 6 heteroatoms. The number of aryl methyl sites for hydroxylation is 1. The Labute approximate surface area is 144 Å². The molecule has 0 spiro atoms. The van der Waals surface area contributed by atoms with Gasteiger partial charge in [-0.25, -0.2) is 0 Å². The zero-order chi connectivity index (χ0) is 17.8. The molecule has 0 saturated heterocycles. The monoisotopic (exact) mass is 331 g/mol. The number of hydrogen-bond acceptors (Lipinski definition) is 4. The fraction of sp³-hybridized carbons (Fsp3) is 0.105. The Kier molecular flexibility index (Phi) is 4.48. The summed E-state index contributed by atoms with van der Waals surface area (Å²) in [6, 6.07) is 18.2. The van der Waals surface area contributed by atoms with Crippen molar-refractivity contribution < 1.29 is 4.92 Å². The molecule has 0 aliphatic heterocycles. The van der Waals surface area contributed by atoms with Crippen molar-refractivity contribution in [2.45, 2.75) is 13.3 Å². The minimum atomic E-state index is -0.537. The Bertz CT molecular complexity index is 964. The first-order valence-corrected chi connectivity index (χ1v) is 7.84. The van der Waals surface area contributed by atoms with E-state index in [1.54, 1.807) is 24.3 Å². The molecule has 0 bridgehead atoms. The SMILES string of the molecule is CCc1nc([N+](=O)[O-])c(-c2ccccc2)c([N+]#N)c1-c1ccccc1. The van der Waals surface area contributed by atoms with Crippen LogP contribution in [-0.4, -0.2) is 9.91 Å². The average Bonchev–Trinajstić information content (AvgIpc) is 2.67. The van der Waals surface area contributed by atoms with Crippen molar-refractivity contribution in [2.75, 3.05) is 0 Å². The lowest BCUT2D eigenvalue weighted by atomic mass is 9.94. The first-order chi connectivity index (χ1) is 12.2. The standard InChI is InChI=1S/C19H15N4O2/c1-2-15-16(13-9-5-3-6-10-13)18(22-20)17(19(21-15)23(24)25)14-11-7-4-8-12-14/h3-12H,2H2,1H3/q+1. The molecule has 1 aromatic heterocycles. The minimum Gasteiger partial charge on any atom is -0.358 e. The third-order valence-electron chi connectivity index (χ3n) is 3.96. The van der Waals surface area contributed by atoms with Gasteiger partial charge in [0.15, 0.2) is 16.2 Å². The van der Waals surface area contributed by atoms with Crippen LogP contribution in [0.4, 0.5) is 11.5 Å². The Morgan fingerprint density at radius 2 is 1.52 bits per heavy atom. The minimum absolute atomic E-state index is 0.163. The number of rotatable bonds is 4. The molecule has 0 saturated carbocycles. The number of diazo groups is 1. The van der Waals surface area contributed by atoms with Gasteiger partial charge in [0.25, 0.3) is 0 Å². The van der Waals surface area contributed by atoms with E-state index in [-0.39, 0.29) is 17.1 Å². The fourth-order valence-corrected chi connectivity index (χ4v) is 2.87. The maximum Gasteiger partial charge on any atom is 0.413 e. The number of nitrogens with zero attached hydrogens (tertiary/aromatic N) is 4. The summed E-state index contributed by atoms with van der Waals surface area (Å²) in [7, 11) is 0. The van der Waals surface area contributed by atoms with Crippen molar-refractivity contribution in [1.82, 2.24) is 4.98 Å². The quantitative estimate of drug-likeness (QED) is 0.365. The number of nitro groups is 1. The summed E-state index contributed by atoms with van der Waals surface area (Å²) in [5.74, 6) is -0.310. The maximum absolute atomic E-state index is 11.6. The third-order valence-corrected chi connectivity index (χ3v) is 3.96. The highest BCUT2D eigenvalue weighted by Gasteiger charge is 2.36.